The topological polar surface area (TPSA) is 24.5 Å². The van der Waals surface area contributed by atoms with E-state index in [-0.39, 0.29) is 0 Å². The van der Waals surface area contributed by atoms with Crippen LogP contribution < -0.4 is 5.32 Å². The van der Waals surface area contributed by atoms with Gasteiger partial charge in [0.25, 0.3) is 0 Å². The fourth-order valence-electron chi connectivity index (χ4n) is 2.31. The van der Waals surface area contributed by atoms with Crippen molar-refractivity contribution in [3.8, 4) is 0 Å². The standard InChI is InChI=1S/C10H20N2O/c1-9-8-11-5-4-10(9)12-6-2-3-7-13-12/h9-11H,2-8H2,1H3. The van der Waals surface area contributed by atoms with Crippen molar-refractivity contribution in [3.05, 3.63) is 0 Å². The molecule has 3 heteroatoms. The van der Waals surface area contributed by atoms with Crippen molar-refractivity contribution in [3.63, 3.8) is 0 Å². The molecule has 3 nitrogen and oxygen atoms in total. The molecule has 0 aromatic heterocycles. The smallest absolute Gasteiger partial charge is 0.0685 e. The number of piperidine rings is 1. The maximum Gasteiger partial charge on any atom is 0.0685 e. The summed E-state index contributed by atoms with van der Waals surface area (Å²) in [6.45, 7) is 6.67. The summed E-state index contributed by atoms with van der Waals surface area (Å²) in [6, 6.07) is 0.654. The average molecular weight is 184 g/mol. The molecule has 2 rings (SSSR count). The molecule has 2 aliphatic heterocycles. The third kappa shape index (κ3) is 2.22. The van der Waals surface area contributed by atoms with Crippen molar-refractivity contribution in [1.82, 2.24) is 10.4 Å². The van der Waals surface area contributed by atoms with Gasteiger partial charge in [-0.3, -0.25) is 4.84 Å². The van der Waals surface area contributed by atoms with E-state index in [1.165, 1.54) is 19.3 Å². The number of hydroxylamine groups is 2. The third-order valence-electron chi connectivity index (χ3n) is 3.14. The Labute approximate surface area is 80.4 Å². The minimum Gasteiger partial charge on any atom is -0.316 e. The molecule has 0 spiro atoms. The quantitative estimate of drug-likeness (QED) is 0.658. The summed E-state index contributed by atoms with van der Waals surface area (Å²) in [5.41, 5.74) is 0. The van der Waals surface area contributed by atoms with Crippen LogP contribution in [0.15, 0.2) is 0 Å². The number of hydrogen-bond acceptors (Lipinski definition) is 3. The van der Waals surface area contributed by atoms with Gasteiger partial charge in [-0.15, -0.1) is 0 Å². The van der Waals surface area contributed by atoms with E-state index in [4.69, 9.17) is 4.84 Å². The first-order valence-corrected chi connectivity index (χ1v) is 5.48. The first-order valence-electron chi connectivity index (χ1n) is 5.48. The van der Waals surface area contributed by atoms with Crippen molar-refractivity contribution >= 4 is 0 Å². The second-order valence-electron chi connectivity index (χ2n) is 4.22. The lowest BCUT2D eigenvalue weighted by molar-refractivity contribution is -0.218. The zero-order valence-electron chi connectivity index (χ0n) is 8.46. The molecule has 0 aliphatic carbocycles. The maximum atomic E-state index is 5.69. The van der Waals surface area contributed by atoms with Gasteiger partial charge in [-0.25, -0.2) is 0 Å². The predicted octanol–water partition coefficient (Wildman–Crippen LogP) is 1.01. The zero-order chi connectivity index (χ0) is 9.10. The normalized spacial score (nSPS) is 37.6. The lowest BCUT2D eigenvalue weighted by Crippen LogP contribution is -2.50. The van der Waals surface area contributed by atoms with E-state index in [0.29, 0.717) is 6.04 Å². The monoisotopic (exact) mass is 184 g/mol. The summed E-state index contributed by atoms with van der Waals surface area (Å²) in [6.07, 6.45) is 3.77. The van der Waals surface area contributed by atoms with Crippen LogP contribution in [-0.4, -0.2) is 37.3 Å². The van der Waals surface area contributed by atoms with Crippen molar-refractivity contribution in [1.29, 1.82) is 0 Å². The van der Waals surface area contributed by atoms with E-state index in [9.17, 15) is 0 Å². The molecule has 0 amide bonds. The van der Waals surface area contributed by atoms with Gasteiger partial charge in [0.2, 0.25) is 0 Å². The van der Waals surface area contributed by atoms with E-state index in [0.717, 1.165) is 32.2 Å². The Morgan fingerprint density at radius 1 is 1.38 bits per heavy atom. The van der Waals surface area contributed by atoms with Crippen molar-refractivity contribution in [2.75, 3.05) is 26.2 Å². The Hall–Kier alpha value is -0.120. The molecule has 0 saturated carbocycles. The predicted molar refractivity (Wildman–Crippen MR) is 52.3 cm³/mol. The lowest BCUT2D eigenvalue weighted by atomic mass is 9.94. The molecule has 1 N–H and O–H groups in total. The van der Waals surface area contributed by atoms with Gasteiger partial charge < -0.3 is 5.32 Å². The van der Waals surface area contributed by atoms with Crippen LogP contribution in [0.4, 0.5) is 0 Å². The van der Waals surface area contributed by atoms with Gasteiger partial charge in [0.1, 0.15) is 0 Å². The van der Waals surface area contributed by atoms with Crippen LogP contribution in [0, 0.1) is 5.92 Å². The Morgan fingerprint density at radius 3 is 3.00 bits per heavy atom. The molecular weight excluding hydrogens is 164 g/mol. The highest BCUT2D eigenvalue weighted by Gasteiger charge is 2.28. The Balaban J connectivity index is 1.88. The number of nitrogens with zero attached hydrogens (tertiary/aromatic N) is 1. The third-order valence-corrected chi connectivity index (χ3v) is 3.14. The van der Waals surface area contributed by atoms with Crippen molar-refractivity contribution in [2.24, 2.45) is 5.92 Å². The highest BCUT2D eigenvalue weighted by atomic mass is 16.7. The van der Waals surface area contributed by atoms with E-state index < -0.39 is 0 Å². The molecule has 0 aromatic rings. The maximum absolute atomic E-state index is 5.69. The summed E-state index contributed by atoms with van der Waals surface area (Å²) in [5.74, 6) is 0.729. The van der Waals surface area contributed by atoms with Gasteiger partial charge in [-0.1, -0.05) is 6.92 Å². The molecule has 76 valence electrons. The molecule has 2 unspecified atom stereocenters. The van der Waals surface area contributed by atoms with Crippen LogP contribution in [-0.2, 0) is 4.84 Å². The highest BCUT2D eigenvalue weighted by Crippen LogP contribution is 2.20. The number of rotatable bonds is 1. The van der Waals surface area contributed by atoms with Gasteiger partial charge in [0.05, 0.1) is 6.61 Å². The first kappa shape index (κ1) is 9.44. The largest absolute Gasteiger partial charge is 0.316 e. The fraction of sp³-hybridized carbons (Fsp3) is 1.00. The van der Waals surface area contributed by atoms with Crippen LogP contribution in [0.1, 0.15) is 26.2 Å². The zero-order valence-corrected chi connectivity index (χ0v) is 8.46. The molecule has 2 fully saturated rings. The second-order valence-corrected chi connectivity index (χ2v) is 4.22. The fourth-order valence-corrected chi connectivity index (χ4v) is 2.31. The SMILES string of the molecule is CC1CNCCC1N1CCCCO1. The van der Waals surface area contributed by atoms with E-state index in [1.54, 1.807) is 0 Å². The van der Waals surface area contributed by atoms with Gasteiger partial charge in [0, 0.05) is 12.6 Å². The van der Waals surface area contributed by atoms with Gasteiger partial charge >= 0.3 is 0 Å². The van der Waals surface area contributed by atoms with Crippen LogP contribution >= 0.6 is 0 Å². The molecule has 13 heavy (non-hydrogen) atoms. The second kappa shape index (κ2) is 4.40. The van der Waals surface area contributed by atoms with Gasteiger partial charge in [-0.05, 0) is 38.3 Å². The first-order chi connectivity index (χ1) is 6.38. The minimum absolute atomic E-state index is 0.654. The molecule has 2 heterocycles. The number of hydrogen-bond donors (Lipinski definition) is 1. The molecule has 0 bridgehead atoms. The molecular formula is C10H20N2O. The van der Waals surface area contributed by atoms with E-state index in [1.807, 2.05) is 0 Å². The molecule has 2 atom stereocenters. The molecule has 2 aliphatic rings. The van der Waals surface area contributed by atoms with E-state index in [2.05, 4.69) is 17.3 Å². The lowest BCUT2D eigenvalue weighted by Gasteiger charge is -2.39. The van der Waals surface area contributed by atoms with Crippen LogP contribution in [0.25, 0.3) is 0 Å². The highest BCUT2D eigenvalue weighted by molar-refractivity contribution is 4.80. The summed E-state index contributed by atoms with van der Waals surface area (Å²) >= 11 is 0. The number of nitrogens with one attached hydrogen (secondary N) is 1. The van der Waals surface area contributed by atoms with Crippen LogP contribution in [0.3, 0.4) is 0 Å². The summed E-state index contributed by atoms with van der Waals surface area (Å²) in [5, 5.41) is 5.65. The Morgan fingerprint density at radius 2 is 2.31 bits per heavy atom. The summed E-state index contributed by atoms with van der Waals surface area (Å²) in [4.78, 5) is 5.69. The summed E-state index contributed by atoms with van der Waals surface area (Å²) in [7, 11) is 0. The Bertz CT molecular complexity index is 157. The molecule has 0 aromatic carbocycles. The Kier molecular flexibility index (Phi) is 3.19. The van der Waals surface area contributed by atoms with Crippen LogP contribution in [0.5, 0.6) is 0 Å². The van der Waals surface area contributed by atoms with Crippen molar-refractivity contribution in [2.45, 2.75) is 32.2 Å². The summed E-state index contributed by atoms with van der Waals surface area (Å²) < 4.78 is 0. The molecule has 2 saturated heterocycles. The minimum atomic E-state index is 0.654. The molecule has 0 radical (unpaired) electrons. The van der Waals surface area contributed by atoms with Gasteiger partial charge in [0.15, 0.2) is 0 Å². The van der Waals surface area contributed by atoms with Crippen LogP contribution in [0.2, 0.25) is 0 Å². The van der Waals surface area contributed by atoms with E-state index >= 15 is 0 Å². The average Bonchev–Trinajstić information content (AvgIpc) is 2.20. The van der Waals surface area contributed by atoms with Gasteiger partial charge in [-0.2, -0.15) is 5.06 Å². The van der Waals surface area contributed by atoms with Crippen molar-refractivity contribution < 1.29 is 4.84 Å².